The Bertz CT molecular complexity index is 1090. The van der Waals surface area contributed by atoms with Gasteiger partial charge in [-0.05, 0) is 42.8 Å². The first-order chi connectivity index (χ1) is 13.4. The number of aromatic nitrogens is 1. The van der Waals surface area contributed by atoms with Crippen LogP contribution in [0.3, 0.4) is 0 Å². The van der Waals surface area contributed by atoms with Gasteiger partial charge in [-0.15, -0.1) is 0 Å². The van der Waals surface area contributed by atoms with Gasteiger partial charge in [0, 0.05) is 35.0 Å². The van der Waals surface area contributed by atoms with E-state index < -0.39 is 17.9 Å². The lowest BCUT2D eigenvalue weighted by Gasteiger charge is -2.17. The van der Waals surface area contributed by atoms with Gasteiger partial charge in [-0.25, -0.2) is 4.79 Å². The number of nitrogens with one attached hydrogen (secondary N) is 1. The van der Waals surface area contributed by atoms with E-state index in [0.29, 0.717) is 22.7 Å². The van der Waals surface area contributed by atoms with E-state index in [9.17, 15) is 19.5 Å². The molecule has 2 N–H and O–H groups in total. The van der Waals surface area contributed by atoms with Gasteiger partial charge in [0.15, 0.2) is 0 Å². The van der Waals surface area contributed by atoms with Crippen LogP contribution in [0.25, 0.3) is 10.9 Å². The predicted octanol–water partition coefficient (Wildman–Crippen LogP) is 3.10. The lowest BCUT2D eigenvalue weighted by molar-refractivity contribution is -0.139. The molecule has 0 saturated heterocycles. The van der Waals surface area contributed by atoms with Crippen LogP contribution in [-0.2, 0) is 17.8 Å². The molecule has 0 radical (unpaired) electrons. The second-order valence-corrected chi connectivity index (χ2v) is 6.78. The molecule has 0 aliphatic heterocycles. The molecular weight excluding hydrogens is 380 g/mol. The number of amides is 1. The summed E-state index contributed by atoms with van der Waals surface area (Å²) in [5, 5.41) is 13.4. The van der Waals surface area contributed by atoms with Crippen molar-refractivity contribution in [3.05, 3.63) is 81.1 Å². The molecule has 3 aromatic rings. The second kappa shape index (κ2) is 8.27. The van der Waals surface area contributed by atoms with Crippen molar-refractivity contribution in [3.8, 4) is 0 Å². The topological polar surface area (TPSA) is 88.4 Å². The van der Waals surface area contributed by atoms with Crippen molar-refractivity contribution in [2.24, 2.45) is 0 Å². The van der Waals surface area contributed by atoms with Gasteiger partial charge in [0.1, 0.15) is 6.04 Å². The lowest BCUT2D eigenvalue weighted by Crippen LogP contribution is -2.42. The van der Waals surface area contributed by atoms with Gasteiger partial charge in [-0.1, -0.05) is 29.8 Å². The summed E-state index contributed by atoms with van der Waals surface area (Å²) in [6.45, 7) is 2.38. The number of hydrogen-bond acceptors (Lipinski definition) is 3. The summed E-state index contributed by atoms with van der Waals surface area (Å²) >= 11 is 5.82. The fourth-order valence-corrected chi connectivity index (χ4v) is 3.29. The first-order valence-corrected chi connectivity index (χ1v) is 9.19. The van der Waals surface area contributed by atoms with Gasteiger partial charge in [-0.2, -0.15) is 0 Å². The summed E-state index contributed by atoms with van der Waals surface area (Å²) in [5.74, 6) is -1.69. The third-order valence-electron chi connectivity index (χ3n) is 4.55. The van der Waals surface area contributed by atoms with Crippen molar-refractivity contribution < 1.29 is 14.7 Å². The molecule has 6 nitrogen and oxygen atoms in total. The van der Waals surface area contributed by atoms with Crippen molar-refractivity contribution in [2.75, 3.05) is 0 Å². The number of carboxylic acids is 1. The lowest BCUT2D eigenvalue weighted by atomic mass is 10.0. The van der Waals surface area contributed by atoms with Crippen LogP contribution in [0.1, 0.15) is 22.8 Å². The Hall–Kier alpha value is -3.12. The summed E-state index contributed by atoms with van der Waals surface area (Å²) in [6, 6.07) is 13.8. The van der Waals surface area contributed by atoms with E-state index in [1.807, 2.05) is 31.2 Å². The Morgan fingerprint density at radius 3 is 2.46 bits per heavy atom. The molecule has 3 rings (SSSR count). The number of aliphatic carboxylic acids is 1. The first kappa shape index (κ1) is 19.6. The molecule has 144 valence electrons. The zero-order chi connectivity index (χ0) is 20.3. The molecule has 0 bridgehead atoms. The smallest absolute Gasteiger partial charge is 0.326 e. The van der Waals surface area contributed by atoms with Crippen molar-refractivity contribution in [1.82, 2.24) is 9.88 Å². The molecule has 0 fully saturated rings. The summed E-state index contributed by atoms with van der Waals surface area (Å²) in [7, 11) is 0. The van der Waals surface area contributed by atoms with Gasteiger partial charge in [0.05, 0.1) is 5.52 Å². The minimum Gasteiger partial charge on any atom is -0.480 e. The molecular formula is C21H19ClN2O4. The van der Waals surface area contributed by atoms with E-state index in [-0.39, 0.29) is 12.0 Å². The molecule has 0 spiro atoms. The molecule has 1 amide bonds. The normalized spacial score (nSPS) is 11.9. The molecule has 28 heavy (non-hydrogen) atoms. The third kappa shape index (κ3) is 4.07. The molecule has 7 heteroatoms. The van der Waals surface area contributed by atoms with E-state index in [2.05, 4.69) is 5.32 Å². The van der Waals surface area contributed by atoms with Crippen molar-refractivity contribution >= 4 is 34.4 Å². The number of halogens is 1. The number of hydrogen-bond donors (Lipinski definition) is 2. The molecule has 1 atom stereocenters. The standard InChI is InChI=1S/C21H19ClN2O4/c1-2-24-18-6-4-3-5-16(18)14(12-19(24)25)11-17(21(27)28)23-20(26)13-7-9-15(22)10-8-13/h3-10,12,17H,2,11H2,1H3,(H,23,26)(H,27,28). The number of pyridine rings is 1. The highest BCUT2D eigenvalue weighted by molar-refractivity contribution is 6.30. The van der Waals surface area contributed by atoms with Crippen molar-refractivity contribution in [3.63, 3.8) is 0 Å². The maximum Gasteiger partial charge on any atom is 0.326 e. The molecule has 0 saturated carbocycles. The van der Waals surface area contributed by atoms with Crippen LogP contribution in [0.4, 0.5) is 0 Å². The van der Waals surface area contributed by atoms with Crippen LogP contribution >= 0.6 is 11.6 Å². The van der Waals surface area contributed by atoms with E-state index in [0.717, 1.165) is 10.9 Å². The summed E-state index contributed by atoms with van der Waals surface area (Å²) in [6.07, 6.45) is -0.00499. The number of aryl methyl sites for hydroxylation is 1. The summed E-state index contributed by atoms with van der Waals surface area (Å²) in [4.78, 5) is 36.6. The van der Waals surface area contributed by atoms with E-state index in [1.165, 1.54) is 18.2 Å². The number of rotatable bonds is 6. The third-order valence-corrected chi connectivity index (χ3v) is 4.81. The first-order valence-electron chi connectivity index (χ1n) is 8.81. The van der Waals surface area contributed by atoms with Crippen molar-refractivity contribution in [2.45, 2.75) is 25.9 Å². The molecule has 2 aromatic carbocycles. The number of carbonyl (C=O) groups excluding carboxylic acids is 1. The second-order valence-electron chi connectivity index (χ2n) is 6.34. The summed E-state index contributed by atoms with van der Waals surface area (Å²) in [5.41, 5.74) is 1.42. The van der Waals surface area contributed by atoms with Crippen LogP contribution in [-0.4, -0.2) is 27.6 Å². The van der Waals surface area contributed by atoms with Crippen LogP contribution < -0.4 is 10.9 Å². The van der Waals surface area contributed by atoms with Crippen LogP contribution in [0.2, 0.25) is 5.02 Å². The maximum atomic E-state index is 12.4. The summed E-state index contributed by atoms with van der Waals surface area (Å²) < 4.78 is 1.63. The van der Waals surface area contributed by atoms with E-state index in [1.54, 1.807) is 16.7 Å². The SMILES string of the molecule is CCn1c(=O)cc(CC(NC(=O)c2ccc(Cl)cc2)C(=O)O)c2ccccc21. The number of carboxylic acid groups (broad SMARTS) is 1. The molecule has 0 aliphatic carbocycles. The minimum absolute atomic E-state index is 0.00499. The highest BCUT2D eigenvalue weighted by Gasteiger charge is 2.23. The quantitative estimate of drug-likeness (QED) is 0.667. The van der Waals surface area contributed by atoms with Gasteiger partial charge in [-0.3, -0.25) is 9.59 Å². The Morgan fingerprint density at radius 1 is 1.14 bits per heavy atom. The van der Waals surface area contributed by atoms with Gasteiger partial charge < -0.3 is 15.0 Å². The monoisotopic (exact) mass is 398 g/mol. The molecule has 1 heterocycles. The number of para-hydroxylation sites is 1. The number of benzene rings is 2. The van der Waals surface area contributed by atoms with Gasteiger partial charge in [0.2, 0.25) is 0 Å². The fraction of sp³-hybridized carbons (Fsp3) is 0.190. The van der Waals surface area contributed by atoms with Crippen molar-refractivity contribution in [1.29, 1.82) is 0 Å². The van der Waals surface area contributed by atoms with E-state index in [4.69, 9.17) is 11.6 Å². The molecule has 1 unspecified atom stereocenters. The van der Waals surface area contributed by atoms with Crippen LogP contribution in [0.5, 0.6) is 0 Å². The zero-order valence-electron chi connectivity index (χ0n) is 15.2. The predicted molar refractivity (Wildman–Crippen MR) is 108 cm³/mol. The minimum atomic E-state index is -1.18. The van der Waals surface area contributed by atoms with Crippen LogP contribution in [0, 0.1) is 0 Å². The van der Waals surface area contributed by atoms with Crippen LogP contribution in [0.15, 0.2) is 59.4 Å². The number of fused-ring (bicyclic) bond motifs is 1. The Morgan fingerprint density at radius 2 is 1.82 bits per heavy atom. The zero-order valence-corrected chi connectivity index (χ0v) is 15.9. The number of nitrogens with zero attached hydrogens (tertiary/aromatic N) is 1. The highest BCUT2D eigenvalue weighted by atomic mass is 35.5. The fourth-order valence-electron chi connectivity index (χ4n) is 3.16. The number of carbonyl (C=O) groups is 2. The Balaban J connectivity index is 1.93. The van der Waals surface area contributed by atoms with E-state index >= 15 is 0 Å². The highest BCUT2D eigenvalue weighted by Crippen LogP contribution is 2.19. The van der Waals surface area contributed by atoms with Gasteiger partial charge >= 0.3 is 5.97 Å². The Labute approximate surface area is 166 Å². The van der Waals surface area contributed by atoms with Gasteiger partial charge in [0.25, 0.3) is 11.5 Å². The average molecular weight is 399 g/mol. The average Bonchev–Trinajstić information content (AvgIpc) is 2.68. The maximum absolute atomic E-state index is 12.4. The Kier molecular flexibility index (Phi) is 5.80. The largest absolute Gasteiger partial charge is 0.480 e. The molecule has 1 aromatic heterocycles. The molecule has 0 aliphatic rings.